The van der Waals surface area contributed by atoms with Crippen LogP contribution in [-0.2, 0) is 38.4 Å². The first-order chi connectivity index (χ1) is 24.8. The van der Waals surface area contributed by atoms with E-state index in [9.17, 15) is 38.4 Å². The van der Waals surface area contributed by atoms with Gasteiger partial charge in [-0.25, -0.2) is 0 Å². The number of nitrogens with one attached hydrogen (secondary N) is 8. The van der Waals surface area contributed by atoms with E-state index >= 15 is 0 Å². The molecule has 0 bridgehead atoms. The highest BCUT2D eigenvalue weighted by atomic mass is 33.1. The van der Waals surface area contributed by atoms with Crippen LogP contribution in [0, 0.1) is 0 Å². The molecule has 20 nitrogen and oxygen atoms in total. The highest BCUT2D eigenvalue weighted by Gasteiger charge is 2.25. The third-order valence-corrected chi connectivity index (χ3v) is 9.79. The smallest absolute Gasteiger partial charge is 0.320 e. The number of carboxylic acids is 2. The van der Waals surface area contributed by atoms with Gasteiger partial charge in [-0.2, -0.15) is 0 Å². The molecule has 1 heterocycles. The van der Waals surface area contributed by atoms with Crippen LogP contribution in [0.4, 0.5) is 0 Å². The number of amides is 6. The second kappa shape index (κ2) is 27.9. The third kappa shape index (κ3) is 23.0. The van der Waals surface area contributed by atoms with Crippen LogP contribution in [0.1, 0.15) is 51.4 Å². The summed E-state index contributed by atoms with van der Waals surface area (Å²) >= 11 is 0. The lowest BCUT2D eigenvalue weighted by molar-refractivity contribution is -0.140. The molecule has 0 radical (unpaired) electrons. The van der Waals surface area contributed by atoms with Gasteiger partial charge in [0.2, 0.25) is 35.4 Å². The maximum absolute atomic E-state index is 13.0. The SMILES string of the molecule is NC(CCC(=O)NC1CSSCC(NC(=O)CCC(N)C(=O)O)C(=O)NCC(=O)NCCCNCCCCNCCCNC(=O)CNC1=O)C(=O)O. The normalized spacial score (nSPS) is 21.7. The molecular weight excluding hydrogens is 725 g/mol. The van der Waals surface area contributed by atoms with Crippen molar-refractivity contribution < 1.29 is 48.6 Å². The van der Waals surface area contributed by atoms with Crippen molar-refractivity contribution in [2.24, 2.45) is 11.5 Å². The van der Waals surface area contributed by atoms with Crippen LogP contribution < -0.4 is 54.0 Å². The van der Waals surface area contributed by atoms with Crippen molar-refractivity contribution in [1.29, 1.82) is 0 Å². The van der Waals surface area contributed by atoms with Crippen LogP contribution in [0.5, 0.6) is 0 Å². The number of hydrogen-bond acceptors (Lipinski definition) is 14. The minimum atomic E-state index is -1.29. The predicted octanol–water partition coefficient (Wildman–Crippen LogP) is -4.06. The Morgan fingerprint density at radius 1 is 0.615 bits per heavy atom. The standard InChI is InChI=1S/C30H54N10O10S2/c31-19(29(47)48)5-7-23(41)39-21-17-51-52-18-22(40-24(42)8-6-20(32)30(49)50)28(46)38-16-26(44)36-14-4-12-34-10-2-1-9-33-11-3-13-35-25(43)15-37-27(21)45/h19-22,33-34H,1-18,31-32H2,(H,35,43)(H,36,44)(H,37,45)(H,38,46)(H,39,41)(H,40,42)(H,47,48)(H,49,50). The van der Waals surface area contributed by atoms with Crippen molar-refractivity contribution in [2.75, 3.05) is 63.9 Å². The van der Waals surface area contributed by atoms with E-state index < -0.39 is 71.5 Å². The molecule has 1 saturated heterocycles. The van der Waals surface area contributed by atoms with E-state index in [1.54, 1.807) is 0 Å². The maximum Gasteiger partial charge on any atom is 0.320 e. The summed E-state index contributed by atoms with van der Waals surface area (Å²) in [7, 11) is 2.12. The van der Waals surface area contributed by atoms with Gasteiger partial charge in [0.1, 0.15) is 24.2 Å². The summed E-state index contributed by atoms with van der Waals surface area (Å²) in [5.41, 5.74) is 11.0. The van der Waals surface area contributed by atoms with Crippen molar-refractivity contribution in [1.82, 2.24) is 42.5 Å². The molecule has 1 aliphatic heterocycles. The molecule has 1 aliphatic rings. The average Bonchev–Trinajstić information content (AvgIpc) is 3.10. The summed E-state index contributed by atoms with van der Waals surface area (Å²) in [6.07, 6.45) is 2.30. The van der Waals surface area contributed by atoms with Gasteiger partial charge in [0.05, 0.1) is 13.1 Å². The van der Waals surface area contributed by atoms with Crippen molar-refractivity contribution >= 4 is 69.0 Å². The van der Waals surface area contributed by atoms with Gasteiger partial charge < -0.3 is 64.2 Å². The molecule has 14 N–H and O–H groups in total. The predicted molar refractivity (Wildman–Crippen MR) is 195 cm³/mol. The van der Waals surface area contributed by atoms with Gasteiger partial charge in [-0.3, -0.25) is 38.4 Å². The minimum Gasteiger partial charge on any atom is -0.480 e. The molecule has 4 unspecified atom stereocenters. The van der Waals surface area contributed by atoms with E-state index in [0.717, 1.165) is 47.5 Å². The minimum absolute atomic E-state index is 0.0620. The van der Waals surface area contributed by atoms with Crippen LogP contribution in [-0.4, -0.2) is 146 Å². The van der Waals surface area contributed by atoms with Gasteiger partial charge in [-0.1, -0.05) is 21.6 Å². The van der Waals surface area contributed by atoms with Crippen molar-refractivity contribution in [3.05, 3.63) is 0 Å². The molecule has 296 valence electrons. The van der Waals surface area contributed by atoms with Gasteiger partial charge >= 0.3 is 11.9 Å². The molecule has 1 rings (SSSR count). The fraction of sp³-hybridized carbons (Fsp3) is 0.733. The number of aliphatic carboxylic acids is 2. The fourth-order valence-corrected chi connectivity index (χ4v) is 6.62. The number of carboxylic acid groups (broad SMARTS) is 2. The molecule has 0 spiro atoms. The number of hydrogen-bond donors (Lipinski definition) is 12. The number of nitrogens with two attached hydrogens (primary N) is 2. The molecule has 0 saturated carbocycles. The van der Waals surface area contributed by atoms with Gasteiger partial charge in [-0.05, 0) is 64.7 Å². The fourth-order valence-electron chi connectivity index (χ4n) is 4.29. The van der Waals surface area contributed by atoms with E-state index in [2.05, 4.69) is 42.5 Å². The molecule has 0 aromatic heterocycles. The quantitative estimate of drug-likeness (QED) is 0.0939. The lowest BCUT2D eigenvalue weighted by Crippen LogP contribution is -2.51. The lowest BCUT2D eigenvalue weighted by Gasteiger charge is -2.20. The molecule has 0 aromatic carbocycles. The molecule has 0 aliphatic carbocycles. The highest BCUT2D eigenvalue weighted by molar-refractivity contribution is 8.76. The Balaban J connectivity index is 2.98. The van der Waals surface area contributed by atoms with Crippen LogP contribution >= 0.6 is 21.6 Å². The number of carbonyl (C=O) groups excluding carboxylic acids is 6. The van der Waals surface area contributed by atoms with E-state index in [4.69, 9.17) is 21.7 Å². The van der Waals surface area contributed by atoms with Crippen molar-refractivity contribution in [3.63, 3.8) is 0 Å². The van der Waals surface area contributed by atoms with Crippen LogP contribution in [0.2, 0.25) is 0 Å². The molecule has 6 amide bonds. The second-order valence-electron chi connectivity index (χ2n) is 11.8. The zero-order valence-corrected chi connectivity index (χ0v) is 30.8. The zero-order chi connectivity index (χ0) is 38.7. The highest BCUT2D eigenvalue weighted by Crippen LogP contribution is 2.23. The molecule has 4 atom stereocenters. The monoisotopic (exact) mass is 778 g/mol. The van der Waals surface area contributed by atoms with Gasteiger partial charge in [0.25, 0.3) is 0 Å². The largest absolute Gasteiger partial charge is 0.480 e. The first-order valence-corrected chi connectivity index (χ1v) is 19.6. The van der Waals surface area contributed by atoms with Gasteiger partial charge in [-0.15, -0.1) is 0 Å². The molecular formula is C30H54N10O10S2. The van der Waals surface area contributed by atoms with Crippen molar-refractivity contribution in [2.45, 2.75) is 75.5 Å². The van der Waals surface area contributed by atoms with E-state index in [1.165, 1.54) is 0 Å². The number of carbonyl (C=O) groups is 8. The van der Waals surface area contributed by atoms with Crippen LogP contribution in [0.15, 0.2) is 0 Å². The lowest BCUT2D eigenvalue weighted by atomic mass is 10.1. The van der Waals surface area contributed by atoms with Gasteiger partial charge in [0.15, 0.2) is 0 Å². The summed E-state index contributed by atoms with van der Waals surface area (Å²) in [5.74, 6) is -6.24. The Bertz CT molecular complexity index is 1100. The molecule has 0 aromatic rings. The van der Waals surface area contributed by atoms with Gasteiger partial charge in [0, 0.05) is 37.4 Å². The maximum atomic E-state index is 13.0. The van der Waals surface area contributed by atoms with E-state index in [-0.39, 0.29) is 50.3 Å². The molecule has 22 heteroatoms. The van der Waals surface area contributed by atoms with Crippen LogP contribution in [0.3, 0.4) is 0 Å². The summed E-state index contributed by atoms with van der Waals surface area (Å²) in [6.45, 7) is 3.05. The third-order valence-electron chi connectivity index (χ3n) is 7.36. The molecule has 52 heavy (non-hydrogen) atoms. The second-order valence-corrected chi connectivity index (χ2v) is 14.4. The first kappa shape index (κ1) is 46.3. The Hall–Kier alpha value is -3.70. The summed E-state index contributed by atoms with van der Waals surface area (Å²) in [6, 6.07) is -4.91. The average molecular weight is 779 g/mol. The van der Waals surface area contributed by atoms with E-state index in [0.29, 0.717) is 39.0 Å². The van der Waals surface area contributed by atoms with E-state index in [1.807, 2.05) is 0 Å². The number of rotatable bonds is 10. The summed E-state index contributed by atoms with van der Waals surface area (Å²) < 4.78 is 0. The first-order valence-electron chi connectivity index (χ1n) is 17.1. The summed E-state index contributed by atoms with van der Waals surface area (Å²) in [5, 5.41) is 40.0. The Morgan fingerprint density at radius 2 is 0.981 bits per heavy atom. The Kier molecular flexibility index (Phi) is 24.8. The molecule has 1 fully saturated rings. The Morgan fingerprint density at radius 3 is 1.35 bits per heavy atom. The zero-order valence-electron chi connectivity index (χ0n) is 29.2. The topological polar surface area (TPSA) is 325 Å². The summed E-state index contributed by atoms with van der Waals surface area (Å²) in [4.78, 5) is 98.0. The van der Waals surface area contributed by atoms with Crippen molar-refractivity contribution in [3.8, 4) is 0 Å². The Labute approximate surface area is 310 Å². The van der Waals surface area contributed by atoms with Crippen LogP contribution in [0.25, 0.3) is 0 Å².